The van der Waals surface area contributed by atoms with Gasteiger partial charge in [0.15, 0.2) is 0 Å². The quantitative estimate of drug-likeness (QED) is 0.837. The van der Waals surface area contributed by atoms with Crippen LogP contribution in [0.1, 0.15) is 24.5 Å². The molecular formula is C18H21FO5. The second-order valence-electron chi connectivity index (χ2n) is 6.95. The molecule has 0 amide bonds. The Morgan fingerprint density at radius 2 is 1.96 bits per heavy atom. The van der Waals surface area contributed by atoms with Crippen LogP contribution in [0.15, 0.2) is 24.3 Å². The third kappa shape index (κ3) is 2.24. The highest BCUT2D eigenvalue weighted by molar-refractivity contribution is 5.88. The number of hydrogen-bond donors (Lipinski definition) is 1. The van der Waals surface area contributed by atoms with E-state index in [1.165, 1.54) is 7.11 Å². The predicted molar refractivity (Wildman–Crippen MR) is 83.0 cm³/mol. The molecule has 2 saturated carbocycles. The van der Waals surface area contributed by atoms with Crippen LogP contribution in [0, 0.1) is 24.2 Å². The number of carbonyl (C=O) groups is 2. The first-order chi connectivity index (χ1) is 11.3. The molecule has 2 aliphatic carbocycles. The SMILES string of the molecule is COC(=O)[C@@]1(C)[C@H]2[C@@H](C[C@H]1OCc1ccc(C)cc1)[C@]2(F)C(=O)O. The molecule has 0 unspecified atom stereocenters. The second-order valence-corrected chi connectivity index (χ2v) is 6.95. The van der Waals surface area contributed by atoms with Gasteiger partial charge in [0, 0.05) is 11.8 Å². The van der Waals surface area contributed by atoms with E-state index in [0.29, 0.717) is 0 Å². The molecule has 24 heavy (non-hydrogen) atoms. The summed E-state index contributed by atoms with van der Waals surface area (Å²) in [6.07, 6.45) is -0.366. The fraction of sp³-hybridized carbons (Fsp3) is 0.556. The molecule has 5 atom stereocenters. The molecule has 0 heterocycles. The number of carboxylic acids is 1. The van der Waals surface area contributed by atoms with Crippen LogP contribution in [0.5, 0.6) is 0 Å². The summed E-state index contributed by atoms with van der Waals surface area (Å²) >= 11 is 0. The van der Waals surface area contributed by atoms with Gasteiger partial charge in [-0.1, -0.05) is 29.8 Å². The van der Waals surface area contributed by atoms with Crippen molar-refractivity contribution < 1.29 is 28.6 Å². The average Bonchev–Trinajstić information content (AvgIpc) is 3.04. The van der Waals surface area contributed by atoms with Crippen LogP contribution in [0.4, 0.5) is 4.39 Å². The number of ether oxygens (including phenoxy) is 2. The fourth-order valence-corrected chi connectivity index (χ4v) is 4.15. The molecule has 6 heteroatoms. The third-order valence-corrected chi connectivity index (χ3v) is 5.59. The van der Waals surface area contributed by atoms with Crippen molar-refractivity contribution in [1.82, 2.24) is 0 Å². The minimum Gasteiger partial charge on any atom is -0.479 e. The van der Waals surface area contributed by atoms with Crippen molar-refractivity contribution in [3.05, 3.63) is 35.4 Å². The zero-order valence-electron chi connectivity index (χ0n) is 13.9. The van der Waals surface area contributed by atoms with E-state index < -0.39 is 41.0 Å². The first-order valence-electron chi connectivity index (χ1n) is 7.94. The van der Waals surface area contributed by atoms with Gasteiger partial charge in [0.1, 0.15) is 0 Å². The summed E-state index contributed by atoms with van der Waals surface area (Å²) in [5.74, 6) is -3.74. The van der Waals surface area contributed by atoms with Gasteiger partial charge >= 0.3 is 11.9 Å². The van der Waals surface area contributed by atoms with Crippen LogP contribution in [0.3, 0.4) is 0 Å². The zero-order chi connectivity index (χ0) is 17.7. The molecule has 0 bridgehead atoms. The fourth-order valence-electron chi connectivity index (χ4n) is 4.15. The first-order valence-corrected chi connectivity index (χ1v) is 7.94. The van der Waals surface area contributed by atoms with Crippen molar-refractivity contribution in [2.75, 3.05) is 7.11 Å². The minimum absolute atomic E-state index is 0.199. The lowest BCUT2D eigenvalue weighted by molar-refractivity contribution is -0.167. The van der Waals surface area contributed by atoms with Gasteiger partial charge in [-0.15, -0.1) is 0 Å². The Kier molecular flexibility index (Phi) is 3.91. The van der Waals surface area contributed by atoms with Gasteiger partial charge in [-0.3, -0.25) is 4.79 Å². The summed E-state index contributed by atoms with van der Waals surface area (Å²) in [5.41, 5.74) is -1.58. The van der Waals surface area contributed by atoms with E-state index >= 15 is 0 Å². The monoisotopic (exact) mass is 336 g/mol. The maximum Gasteiger partial charge on any atom is 0.342 e. The number of carbonyl (C=O) groups excluding carboxylic acids is 1. The maximum atomic E-state index is 14.6. The van der Waals surface area contributed by atoms with Crippen molar-refractivity contribution >= 4 is 11.9 Å². The number of halogens is 1. The smallest absolute Gasteiger partial charge is 0.342 e. The number of methoxy groups -OCH3 is 1. The van der Waals surface area contributed by atoms with E-state index in [0.717, 1.165) is 11.1 Å². The van der Waals surface area contributed by atoms with Crippen molar-refractivity contribution in [2.45, 2.75) is 38.6 Å². The Morgan fingerprint density at radius 3 is 2.50 bits per heavy atom. The minimum atomic E-state index is -2.35. The lowest BCUT2D eigenvalue weighted by atomic mass is 9.79. The lowest BCUT2D eigenvalue weighted by Gasteiger charge is -2.33. The summed E-state index contributed by atoms with van der Waals surface area (Å²) in [6, 6.07) is 7.77. The van der Waals surface area contributed by atoms with Crippen LogP contribution in [-0.4, -0.2) is 35.9 Å². The number of fused-ring (bicyclic) bond motifs is 1. The molecule has 0 spiro atoms. The van der Waals surface area contributed by atoms with Gasteiger partial charge in [0.05, 0.1) is 25.2 Å². The predicted octanol–water partition coefficient (Wildman–Crippen LogP) is 2.50. The molecule has 5 nitrogen and oxygen atoms in total. The van der Waals surface area contributed by atoms with Crippen molar-refractivity contribution in [1.29, 1.82) is 0 Å². The summed E-state index contributed by atoms with van der Waals surface area (Å²) in [4.78, 5) is 23.5. The first kappa shape index (κ1) is 16.9. The Bertz CT molecular complexity index is 672. The molecule has 2 aliphatic rings. The standard InChI is InChI=1S/C18H21FO5/c1-10-4-6-11(7-5-10)9-24-13-8-12-14(18(12,19)15(20)21)17(13,2)16(22)23-3/h4-7,12-14H,8-9H2,1-3H3,(H,20,21)/t12-,13-,14-,17-,18-/m1/s1. The summed E-state index contributed by atoms with van der Waals surface area (Å²) in [5, 5.41) is 9.16. The molecule has 0 aromatic heterocycles. The highest BCUT2D eigenvalue weighted by atomic mass is 19.1. The third-order valence-electron chi connectivity index (χ3n) is 5.59. The second kappa shape index (κ2) is 5.55. The molecule has 2 fully saturated rings. The number of hydrogen-bond acceptors (Lipinski definition) is 4. The molecule has 3 rings (SSSR count). The Morgan fingerprint density at radius 1 is 1.33 bits per heavy atom. The molecule has 0 aliphatic heterocycles. The number of rotatable bonds is 5. The normalized spacial score (nSPS) is 36.9. The number of benzene rings is 1. The molecule has 1 aromatic carbocycles. The van der Waals surface area contributed by atoms with E-state index in [1.807, 2.05) is 31.2 Å². The Balaban J connectivity index is 1.78. The van der Waals surface area contributed by atoms with Gasteiger partial charge in [0.2, 0.25) is 5.67 Å². The van der Waals surface area contributed by atoms with E-state index in [1.54, 1.807) is 6.92 Å². The highest BCUT2D eigenvalue weighted by Gasteiger charge is 2.84. The number of esters is 1. The van der Waals surface area contributed by atoms with Gasteiger partial charge < -0.3 is 14.6 Å². The van der Waals surface area contributed by atoms with E-state index in [9.17, 15) is 14.0 Å². The number of carboxylic acid groups (broad SMARTS) is 1. The van der Waals surface area contributed by atoms with Crippen molar-refractivity contribution in [3.63, 3.8) is 0 Å². The molecule has 1 N–H and O–H groups in total. The molecular weight excluding hydrogens is 315 g/mol. The van der Waals surface area contributed by atoms with Gasteiger partial charge in [-0.25, -0.2) is 9.18 Å². The van der Waals surface area contributed by atoms with Gasteiger partial charge in [0.25, 0.3) is 0 Å². The topological polar surface area (TPSA) is 72.8 Å². The maximum absolute atomic E-state index is 14.6. The molecule has 130 valence electrons. The average molecular weight is 336 g/mol. The van der Waals surface area contributed by atoms with Crippen LogP contribution >= 0.6 is 0 Å². The van der Waals surface area contributed by atoms with Crippen molar-refractivity contribution in [3.8, 4) is 0 Å². The largest absolute Gasteiger partial charge is 0.479 e. The summed E-state index contributed by atoms with van der Waals surface area (Å²) < 4.78 is 25.4. The number of alkyl halides is 1. The van der Waals surface area contributed by atoms with Gasteiger partial charge in [-0.05, 0) is 25.8 Å². The Hall–Kier alpha value is -1.95. The van der Waals surface area contributed by atoms with E-state index in [4.69, 9.17) is 14.6 Å². The summed E-state index contributed by atoms with van der Waals surface area (Å²) in [7, 11) is 1.22. The van der Waals surface area contributed by atoms with Crippen LogP contribution in [0.2, 0.25) is 0 Å². The number of aryl methyl sites for hydroxylation is 1. The molecule has 0 saturated heterocycles. The zero-order valence-corrected chi connectivity index (χ0v) is 13.9. The van der Waals surface area contributed by atoms with E-state index in [2.05, 4.69) is 0 Å². The van der Waals surface area contributed by atoms with Gasteiger partial charge in [-0.2, -0.15) is 0 Å². The van der Waals surface area contributed by atoms with Crippen LogP contribution in [-0.2, 0) is 25.7 Å². The van der Waals surface area contributed by atoms with Crippen LogP contribution in [0.25, 0.3) is 0 Å². The number of aliphatic carboxylic acids is 1. The van der Waals surface area contributed by atoms with Crippen LogP contribution < -0.4 is 0 Å². The summed E-state index contributed by atoms with van der Waals surface area (Å²) in [6.45, 7) is 3.81. The van der Waals surface area contributed by atoms with E-state index in [-0.39, 0.29) is 13.0 Å². The highest BCUT2D eigenvalue weighted by Crippen LogP contribution is 2.71. The molecule has 1 aromatic rings. The Labute approximate surface area is 139 Å². The van der Waals surface area contributed by atoms with Crippen molar-refractivity contribution in [2.24, 2.45) is 17.3 Å². The molecule has 0 radical (unpaired) electrons. The lowest BCUT2D eigenvalue weighted by Crippen LogP contribution is -2.46.